The second kappa shape index (κ2) is 6.54. The van der Waals surface area contributed by atoms with E-state index in [1.54, 1.807) is 25.1 Å². The largest absolute Gasteiger partial charge is 0.506 e. The number of para-hydroxylation sites is 2. The fourth-order valence-corrected chi connectivity index (χ4v) is 1.92. The third-order valence-electron chi connectivity index (χ3n) is 3.09. The van der Waals surface area contributed by atoms with E-state index in [1.165, 1.54) is 6.07 Å². The van der Waals surface area contributed by atoms with Crippen molar-refractivity contribution >= 4 is 11.6 Å². The molecule has 0 radical (unpaired) electrons. The van der Waals surface area contributed by atoms with Crippen LogP contribution in [0.25, 0.3) is 0 Å². The Balaban J connectivity index is 1.80. The van der Waals surface area contributed by atoms with Gasteiger partial charge in [-0.3, -0.25) is 4.79 Å². The van der Waals surface area contributed by atoms with Gasteiger partial charge in [0.25, 0.3) is 5.91 Å². The van der Waals surface area contributed by atoms with Gasteiger partial charge in [-0.15, -0.1) is 0 Å². The summed E-state index contributed by atoms with van der Waals surface area (Å²) in [5.41, 5.74) is 0.389. The summed E-state index contributed by atoms with van der Waals surface area (Å²) in [6, 6.07) is 6.60. The highest BCUT2D eigenvalue weighted by molar-refractivity contribution is 5.95. The Bertz CT molecular complexity index is 429. The summed E-state index contributed by atoms with van der Waals surface area (Å²) >= 11 is 0. The van der Waals surface area contributed by atoms with E-state index in [-0.39, 0.29) is 17.8 Å². The number of phenols is 1. The van der Waals surface area contributed by atoms with E-state index >= 15 is 0 Å². The number of amides is 1. The summed E-state index contributed by atoms with van der Waals surface area (Å²) in [5.74, 6) is -0.235. The van der Waals surface area contributed by atoms with Gasteiger partial charge in [0.1, 0.15) is 11.9 Å². The summed E-state index contributed by atoms with van der Waals surface area (Å²) in [5, 5.41) is 12.2. The zero-order valence-corrected chi connectivity index (χ0v) is 11.0. The normalized spacial score (nSPS) is 20.2. The van der Waals surface area contributed by atoms with Gasteiger partial charge in [0.2, 0.25) is 0 Å². The molecule has 1 heterocycles. The third kappa shape index (κ3) is 3.94. The van der Waals surface area contributed by atoms with Crippen LogP contribution in [-0.2, 0) is 14.3 Å². The van der Waals surface area contributed by atoms with Crippen molar-refractivity contribution in [2.24, 2.45) is 0 Å². The second-order valence-corrected chi connectivity index (χ2v) is 4.62. The molecule has 0 saturated carbocycles. The van der Waals surface area contributed by atoms with Crippen molar-refractivity contribution in [3.05, 3.63) is 24.3 Å². The Morgan fingerprint density at radius 2 is 2.37 bits per heavy atom. The fraction of sp³-hybridized carbons (Fsp3) is 0.500. The minimum Gasteiger partial charge on any atom is -0.506 e. The van der Waals surface area contributed by atoms with Crippen molar-refractivity contribution in [3.63, 3.8) is 0 Å². The van der Waals surface area contributed by atoms with Crippen LogP contribution in [0.3, 0.4) is 0 Å². The van der Waals surface area contributed by atoms with E-state index in [1.807, 2.05) is 0 Å². The molecule has 1 fully saturated rings. The molecule has 2 atom stereocenters. The quantitative estimate of drug-likeness (QED) is 0.798. The molecule has 1 saturated heterocycles. The third-order valence-corrected chi connectivity index (χ3v) is 3.09. The molecule has 0 aliphatic carbocycles. The minimum atomic E-state index is -0.580. The molecule has 1 aromatic rings. The maximum absolute atomic E-state index is 11.9. The highest BCUT2D eigenvalue weighted by atomic mass is 16.5. The Morgan fingerprint density at radius 3 is 3.05 bits per heavy atom. The van der Waals surface area contributed by atoms with Crippen LogP contribution in [0.4, 0.5) is 5.69 Å². The molecule has 0 aromatic heterocycles. The summed E-state index contributed by atoms with van der Waals surface area (Å²) in [6.07, 6.45) is 1.55. The molecule has 2 N–H and O–H groups in total. The molecule has 5 nitrogen and oxygen atoms in total. The van der Waals surface area contributed by atoms with Crippen molar-refractivity contribution in [3.8, 4) is 5.75 Å². The van der Waals surface area contributed by atoms with E-state index in [0.29, 0.717) is 12.3 Å². The number of phenolic OH excluding ortho intramolecular Hbond substituents is 1. The number of ether oxygens (including phenoxy) is 2. The number of aromatic hydroxyl groups is 1. The van der Waals surface area contributed by atoms with Gasteiger partial charge in [0, 0.05) is 6.61 Å². The van der Waals surface area contributed by atoms with Gasteiger partial charge < -0.3 is 19.9 Å². The van der Waals surface area contributed by atoms with Gasteiger partial charge in [0.15, 0.2) is 0 Å². The molecule has 0 spiro atoms. The number of anilines is 1. The van der Waals surface area contributed by atoms with Crippen LogP contribution in [0.1, 0.15) is 19.8 Å². The van der Waals surface area contributed by atoms with Crippen LogP contribution in [0.15, 0.2) is 24.3 Å². The number of carbonyl (C=O) groups excluding carboxylic acids is 1. The van der Waals surface area contributed by atoms with Crippen molar-refractivity contribution < 1.29 is 19.4 Å². The van der Waals surface area contributed by atoms with Crippen LogP contribution in [0.5, 0.6) is 5.75 Å². The van der Waals surface area contributed by atoms with Crippen LogP contribution in [-0.4, -0.2) is 36.4 Å². The van der Waals surface area contributed by atoms with Gasteiger partial charge >= 0.3 is 0 Å². The zero-order valence-electron chi connectivity index (χ0n) is 11.0. The number of carbonyl (C=O) groups is 1. The molecule has 0 unspecified atom stereocenters. The van der Waals surface area contributed by atoms with Gasteiger partial charge in [0.05, 0.1) is 18.4 Å². The molecular formula is C14H19NO4. The standard InChI is InChI=1S/C14H19NO4/c1-10(19-9-11-5-4-8-18-11)14(17)15-12-6-2-3-7-13(12)16/h2-3,6-7,10-11,16H,4-5,8-9H2,1H3,(H,15,17)/t10-,11-/m0/s1. The number of hydrogen-bond donors (Lipinski definition) is 2. The molecule has 1 amide bonds. The summed E-state index contributed by atoms with van der Waals surface area (Å²) < 4.78 is 10.9. The Kier molecular flexibility index (Phi) is 4.76. The SMILES string of the molecule is C[C@H](OC[C@@H]1CCCO1)C(=O)Nc1ccccc1O. The lowest BCUT2D eigenvalue weighted by molar-refractivity contribution is -0.128. The van der Waals surface area contributed by atoms with E-state index in [2.05, 4.69) is 5.32 Å². The van der Waals surface area contributed by atoms with Crippen LogP contribution in [0, 0.1) is 0 Å². The molecule has 104 valence electrons. The first kappa shape index (κ1) is 13.8. The highest BCUT2D eigenvalue weighted by Gasteiger charge is 2.20. The summed E-state index contributed by atoms with van der Waals surface area (Å²) in [6.45, 7) is 2.88. The number of rotatable bonds is 5. The first-order chi connectivity index (χ1) is 9.16. The van der Waals surface area contributed by atoms with Gasteiger partial charge in [-0.05, 0) is 31.9 Å². The van der Waals surface area contributed by atoms with Gasteiger partial charge in [-0.2, -0.15) is 0 Å². The first-order valence-corrected chi connectivity index (χ1v) is 6.49. The molecule has 1 aliphatic heterocycles. The average Bonchev–Trinajstić information content (AvgIpc) is 2.91. The lowest BCUT2D eigenvalue weighted by Gasteiger charge is -2.16. The smallest absolute Gasteiger partial charge is 0.253 e. The highest BCUT2D eigenvalue weighted by Crippen LogP contribution is 2.21. The average molecular weight is 265 g/mol. The Labute approximate surface area is 112 Å². The first-order valence-electron chi connectivity index (χ1n) is 6.49. The van der Waals surface area contributed by atoms with Crippen molar-refractivity contribution in [2.75, 3.05) is 18.5 Å². The second-order valence-electron chi connectivity index (χ2n) is 4.62. The van der Waals surface area contributed by atoms with E-state index in [0.717, 1.165) is 19.4 Å². The van der Waals surface area contributed by atoms with Crippen LogP contribution >= 0.6 is 0 Å². The predicted octanol–water partition coefficient (Wildman–Crippen LogP) is 1.91. The van der Waals surface area contributed by atoms with E-state index in [9.17, 15) is 9.90 Å². The number of nitrogens with one attached hydrogen (secondary N) is 1. The van der Waals surface area contributed by atoms with E-state index < -0.39 is 6.10 Å². The zero-order chi connectivity index (χ0) is 13.7. The molecule has 2 rings (SSSR count). The number of benzene rings is 1. The fourth-order valence-electron chi connectivity index (χ4n) is 1.92. The topological polar surface area (TPSA) is 67.8 Å². The van der Waals surface area contributed by atoms with E-state index in [4.69, 9.17) is 9.47 Å². The molecule has 19 heavy (non-hydrogen) atoms. The van der Waals surface area contributed by atoms with Crippen molar-refractivity contribution in [2.45, 2.75) is 32.0 Å². The lowest BCUT2D eigenvalue weighted by Crippen LogP contribution is -2.30. The van der Waals surface area contributed by atoms with Crippen molar-refractivity contribution in [1.29, 1.82) is 0 Å². The van der Waals surface area contributed by atoms with Crippen LogP contribution < -0.4 is 5.32 Å². The molecule has 1 aromatic carbocycles. The molecule has 1 aliphatic rings. The monoisotopic (exact) mass is 265 g/mol. The predicted molar refractivity (Wildman–Crippen MR) is 71.1 cm³/mol. The summed E-state index contributed by atoms with van der Waals surface area (Å²) in [7, 11) is 0. The van der Waals surface area contributed by atoms with Crippen LogP contribution in [0.2, 0.25) is 0 Å². The summed E-state index contributed by atoms with van der Waals surface area (Å²) in [4.78, 5) is 11.9. The molecule has 0 bridgehead atoms. The number of hydrogen-bond acceptors (Lipinski definition) is 4. The van der Waals surface area contributed by atoms with Gasteiger partial charge in [-0.25, -0.2) is 0 Å². The maximum atomic E-state index is 11.9. The Hall–Kier alpha value is -1.59. The maximum Gasteiger partial charge on any atom is 0.253 e. The van der Waals surface area contributed by atoms with Gasteiger partial charge in [-0.1, -0.05) is 12.1 Å². The molecule has 5 heteroatoms. The lowest BCUT2D eigenvalue weighted by atomic mass is 10.2. The van der Waals surface area contributed by atoms with Crippen molar-refractivity contribution in [1.82, 2.24) is 0 Å². The Morgan fingerprint density at radius 1 is 1.58 bits per heavy atom. The molecular weight excluding hydrogens is 246 g/mol. The minimum absolute atomic E-state index is 0.0437.